The Balaban J connectivity index is 1.75. The molecule has 0 amide bonds. The molecule has 2 saturated carbocycles. The molecule has 7 atom stereocenters. The Kier molecular flexibility index (Phi) is 3.09. The van der Waals surface area contributed by atoms with E-state index in [9.17, 15) is 20.4 Å². The average molecular weight is 304 g/mol. The van der Waals surface area contributed by atoms with Gasteiger partial charge in [0.25, 0.3) is 0 Å². The fourth-order valence-electron chi connectivity index (χ4n) is 5.56. The van der Waals surface area contributed by atoms with Gasteiger partial charge in [-0.15, -0.1) is 0 Å². The molecule has 0 heterocycles. The van der Waals surface area contributed by atoms with Crippen LogP contribution in [0.4, 0.5) is 0 Å². The summed E-state index contributed by atoms with van der Waals surface area (Å²) in [7, 11) is 0. The summed E-state index contributed by atoms with van der Waals surface area (Å²) < 4.78 is 0. The largest absolute Gasteiger partial charge is 0.508 e. The van der Waals surface area contributed by atoms with E-state index in [1.807, 2.05) is 6.07 Å². The second kappa shape index (κ2) is 4.70. The maximum Gasteiger partial charge on any atom is 0.115 e. The molecule has 120 valence electrons. The Morgan fingerprint density at radius 1 is 1.09 bits per heavy atom. The number of phenols is 1. The van der Waals surface area contributed by atoms with Crippen LogP contribution >= 0.6 is 0 Å². The molecule has 3 aliphatic rings. The number of hydrogen-bond acceptors (Lipinski definition) is 4. The summed E-state index contributed by atoms with van der Waals surface area (Å²) in [6.07, 6.45) is 1.27. The lowest BCUT2D eigenvalue weighted by atomic mass is 9.55. The van der Waals surface area contributed by atoms with Crippen LogP contribution in [0.15, 0.2) is 18.2 Å². The molecule has 1 aromatic rings. The quantitative estimate of drug-likeness (QED) is 0.591. The van der Waals surface area contributed by atoms with Crippen molar-refractivity contribution in [2.75, 3.05) is 0 Å². The zero-order chi connectivity index (χ0) is 15.6. The van der Waals surface area contributed by atoms with Crippen molar-refractivity contribution in [2.45, 2.75) is 56.8 Å². The highest BCUT2D eigenvalue weighted by Gasteiger charge is 2.58. The molecule has 2 fully saturated rings. The summed E-state index contributed by atoms with van der Waals surface area (Å²) in [6.45, 7) is 2.09. The summed E-state index contributed by atoms with van der Waals surface area (Å²) in [5.41, 5.74) is 1.75. The molecule has 4 nitrogen and oxygen atoms in total. The maximum atomic E-state index is 10.5. The van der Waals surface area contributed by atoms with Crippen LogP contribution in [-0.2, 0) is 0 Å². The number of aromatic hydroxyl groups is 1. The highest BCUT2D eigenvalue weighted by atomic mass is 16.3. The molecule has 0 saturated heterocycles. The van der Waals surface area contributed by atoms with E-state index in [4.69, 9.17) is 0 Å². The summed E-state index contributed by atoms with van der Waals surface area (Å²) in [6, 6.07) is 5.32. The third-order valence-electron chi connectivity index (χ3n) is 6.73. The molecule has 22 heavy (non-hydrogen) atoms. The van der Waals surface area contributed by atoms with E-state index in [1.165, 1.54) is 0 Å². The van der Waals surface area contributed by atoms with Gasteiger partial charge in [-0.25, -0.2) is 0 Å². The number of aliphatic hydroxyl groups is 3. The van der Waals surface area contributed by atoms with Crippen LogP contribution in [0.1, 0.15) is 55.8 Å². The van der Waals surface area contributed by atoms with Gasteiger partial charge in [0.2, 0.25) is 0 Å². The maximum absolute atomic E-state index is 10.5. The Morgan fingerprint density at radius 2 is 1.86 bits per heavy atom. The molecule has 0 unspecified atom stereocenters. The Labute approximate surface area is 130 Å². The SMILES string of the molecule is C[C@]12CC[C@@H]3c4ccc(O)cc4[C@@H](O)C[C@H]3[C@@H]1C[C@@H](O)[C@@H]2O. The molecule has 1 aromatic carbocycles. The number of aliphatic hydroxyl groups excluding tert-OH is 3. The molecule has 0 aromatic heterocycles. The van der Waals surface area contributed by atoms with E-state index in [0.717, 1.165) is 24.0 Å². The second-order valence-electron chi connectivity index (χ2n) is 7.73. The van der Waals surface area contributed by atoms with E-state index in [2.05, 4.69) is 6.92 Å². The standard InChI is InChI=1S/C18H24O4/c1-18-5-4-11-10-3-2-9(19)6-13(10)15(20)7-12(11)14(18)8-16(21)17(18)22/h2-3,6,11-12,14-17,19-22H,4-5,7-8H2,1H3/t11-,12-,14+,15+,16-,17+,18+/m1/s1. The smallest absolute Gasteiger partial charge is 0.115 e. The van der Waals surface area contributed by atoms with Gasteiger partial charge in [0.05, 0.1) is 18.3 Å². The topological polar surface area (TPSA) is 80.9 Å². The van der Waals surface area contributed by atoms with Crippen molar-refractivity contribution in [3.05, 3.63) is 29.3 Å². The molecule has 0 spiro atoms. The van der Waals surface area contributed by atoms with Crippen LogP contribution < -0.4 is 0 Å². The van der Waals surface area contributed by atoms with Crippen LogP contribution in [0, 0.1) is 17.3 Å². The van der Waals surface area contributed by atoms with Crippen LogP contribution in [-0.4, -0.2) is 32.6 Å². The van der Waals surface area contributed by atoms with Crippen molar-refractivity contribution in [1.29, 1.82) is 0 Å². The Hall–Kier alpha value is -1.10. The normalized spacial score (nSPS) is 46.7. The second-order valence-corrected chi connectivity index (χ2v) is 7.73. The van der Waals surface area contributed by atoms with Gasteiger partial charge in [0.1, 0.15) is 5.75 Å². The van der Waals surface area contributed by atoms with Gasteiger partial charge in [0.15, 0.2) is 0 Å². The predicted molar refractivity (Wildman–Crippen MR) is 81.4 cm³/mol. The fourth-order valence-corrected chi connectivity index (χ4v) is 5.56. The first kappa shape index (κ1) is 14.5. The fraction of sp³-hybridized carbons (Fsp3) is 0.667. The lowest BCUT2D eigenvalue weighted by Gasteiger charge is -2.50. The van der Waals surface area contributed by atoms with Gasteiger partial charge in [-0.2, -0.15) is 0 Å². The highest BCUT2D eigenvalue weighted by Crippen LogP contribution is 2.62. The molecular formula is C18H24O4. The number of benzene rings is 1. The van der Waals surface area contributed by atoms with Crippen molar-refractivity contribution >= 4 is 0 Å². The molecular weight excluding hydrogens is 280 g/mol. The van der Waals surface area contributed by atoms with Crippen LogP contribution in [0.2, 0.25) is 0 Å². The van der Waals surface area contributed by atoms with E-state index >= 15 is 0 Å². The van der Waals surface area contributed by atoms with Crippen molar-refractivity contribution in [1.82, 2.24) is 0 Å². The third-order valence-corrected chi connectivity index (χ3v) is 6.73. The average Bonchev–Trinajstić information content (AvgIpc) is 2.72. The van der Waals surface area contributed by atoms with E-state index in [1.54, 1.807) is 12.1 Å². The Morgan fingerprint density at radius 3 is 2.64 bits per heavy atom. The van der Waals surface area contributed by atoms with Gasteiger partial charge >= 0.3 is 0 Å². The lowest BCUT2D eigenvalue weighted by molar-refractivity contribution is -0.0577. The molecule has 0 bridgehead atoms. The van der Waals surface area contributed by atoms with Crippen LogP contribution in [0.25, 0.3) is 0 Å². The molecule has 3 aliphatic carbocycles. The van der Waals surface area contributed by atoms with E-state index in [0.29, 0.717) is 18.8 Å². The van der Waals surface area contributed by atoms with E-state index in [-0.39, 0.29) is 23.0 Å². The van der Waals surface area contributed by atoms with Crippen LogP contribution in [0.3, 0.4) is 0 Å². The first-order chi connectivity index (χ1) is 10.4. The van der Waals surface area contributed by atoms with Crippen molar-refractivity contribution in [3.8, 4) is 5.75 Å². The minimum Gasteiger partial charge on any atom is -0.508 e. The molecule has 4 N–H and O–H groups in total. The number of fused-ring (bicyclic) bond motifs is 5. The molecule has 0 aliphatic heterocycles. The number of hydrogen-bond donors (Lipinski definition) is 4. The summed E-state index contributed by atoms with van der Waals surface area (Å²) >= 11 is 0. The van der Waals surface area contributed by atoms with Gasteiger partial charge in [-0.3, -0.25) is 0 Å². The first-order valence-corrected chi connectivity index (χ1v) is 8.29. The van der Waals surface area contributed by atoms with Gasteiger partial charge in [-0.05, 0) is 72.1 Å². The minimum absolute atomic E-state index is 0.198. The Bertz CT molecular complexity index is 601. The minimum atomic E-state index is -0.656. The molecule has 4 rings (SSSR count). The molecule has 0 radical (unpaired) electrons. The van der Waals surface area contributed by atoms with Gasteiger partial charge in [0, 0.05) is 0 Å². The molecule has 4 heteroatoms. The summed E-state index contributed by atoms with van der Waals surface area (Å²) in [4.78, 5) is 0. The zero-order valence-corrected chi connectivity index (χ0v) is 12.8. The monoisotopic (exact) mass is 304 g/mol. The van der Waals surface area contributed by atoms with E-state index < -0.39 is 18.3 Å². The predicted octanol–water partition coefficient (Wildman–Crippen LogP) is 2.07. The van der Waals surface area contributed by atoms with Gasteiger partial charge < -0.3 is 20.4 Å². The third kappa shape index (κ3) is 1.81. The van der Waals surface area contributed by atoms with Crippen molar-refractivity contribution in [3.63, 3.8) is 0 Å². The zero-order valence-electron chi connectivity index (χ0n) is 12.8. The van der Waals surface area contributed by atoms with Crippen LogP contribution in [0.5, 0.6) is 5.75 Å². The van der Waals surface area contributed by atoms with Crippen molar-refractivity contribution < 1.29 is 20.4 Å². The number of phenolic OH excluding ortho intramolecular Hbond substituents is 1. The lowest BCUT2D eigenvalue weighted by Crippen LogP contribution is -2.45. The number of rotatable bonds is 0. The summed E-state index contributed by atoms with van der Waals surface area (Å²) in [5, 5.41) is 40.7. The highest BCUT2D eigenvalue weighted by molar-refractivity contribution is 5.41. The summed E-state index contributed by atoms with van der Waals surface area (Å²) in [5.74, 6) is 1.09. The first-order valence-electron chi connectivity index (χ1n) is 8.29. The van der Waals surface area contributed by atoms with Gasteiger partial charge in [-0.1, -0.05) is 13.0 Å². The van der Waals surface area contributed by atoms with Crippen molar-refractivity contribution in [2.24, 2.45) is 17.3 Å².